The fourth-order valence-corrected chi connectivity index (χ4v) is 3.50. The van der Waals surface area contributed by atoms with Crippen molar-refractivity contribution in [2.24, 2.45) is 16.8 Å². The molecular weight excluding hydrogens is 262 g/mol. The summed E-state index contributed by atoms with van der Waals surface area (Å²) in [6.07, 6.45) is 9.57. The van der Waals surface area contributed by atoms with Crippen molar-refractivity contribution in [2.75, 3.05) is 39.9 Å². The van der Waals surface area contributed by atoms with Crippen molar-refractivity contribution in [3.63, 3.8) is 0 Å². The van der Waals surface area contributed by atoms with E-state index in [9.17, 15) is 0 Å². The molecule has 1 aliphatic carbocycles. The first kappa shape index (κ1) is 16.6. The highest BCUT2D eigenvalue weighted by Gasteiger charge is 2.19. The quantitative estimate of drug-likeness (QED) is 0.605. The maximum absolute atomic E-state index is 5.47. The summed E-state index contributed by atoms with van der Waals surface area (Å²) >= 11 is 0. The second-order valence-electron chi connectivity index (χ2n) is 6.64. The zero-order chi connectivity index (χ0) is 14.9. The van der Waals surface area contributed by atoms with Crippen LogP contribution >= 0.6 is 0 Å². The summed E-state index contributed by atoms with van der Waals surface area (Å²) in [6.45, 7) is 6.93. The molecule has 4 nitrogen and oxygen atoms in total. The molecule has 0 bridgehead atoms. The topological polar surface area (TPSA) is 36.9 Å². The van der Waals surface area contributed by atoms with Crippen molar-refractivity contribution in [3.8, 4) is 0 Å². The minimum Gasteiger partial charge on any atom is -0.381 e. The van der Waals surface area contributed by atoms with E-state index in [0.717, 1.165) is 44.7 Å². The molecule has 0 aromatic carbocycles. The van der Waals surface area contributed by atoms with E-state index in [1.165, 1.54) is 44.9 Å². The Morgan fingerprint density at radius 3 is 2.67 bits per heavy atom. The number of hydrogen-bond acceptors (Lipinski definition) is 2. The maximum atomic E-state index is 5.47. The van der Waals surface area contributed by atoms with Gasteiger partial charge in [-0.1, -0.05) is 32.1 Å². The summed E-state index contributed by atoms with van der Waals surface area (Å²) in [5.41, 5.74) is 0. The summed E-state index contributed by atoms with van der Waals surface area (Å²) in [6, 6.07) is 0. The van der Waals surface area contributed by atoms with Crippen LogP contribution in [-0.2, 0) is 4.74 Å². The number of nitrogens with zero attached hydrogens (tertiary/aromatic N) is 2. The first-order chi connectivity index (χ1) is 10.3. The Morgan fingerprint density at radius 2 is 2.00 bits per heavy atom. The smallest absolute Gasteiger partial charge is 0.193 e. The molecular formula is C17H33N3O. The Morgan fingerprint density at radius 1 is 1.19 bits per heavy atom. The Kier molecular flexibility index (Phi) is 7.34. The summed E-state index contributed by atoms with van der Waals surface area (Å²) in [4.78, 5) is 7.12. The predicted molar refractivity (Wildman–Crippen MR) is 88.7 cm³/mol. The van der Waals surface area contributed by atoms with E-state index >= 15 is 0 Å². The van der Waals surface area contributed by atoms with E-state index < -0.39 is 0 Å². The molecule has 1 saturated carbocycles. The average Bonchev–Trinajstić information content (AvgIpc) is 3.00. The minimum absolute atomic E-state index is 0.664. The third-order valence-corrected chi connectivity index (χ3v) is 4.78. The fourth-order valence-electron chi connectivity index (χ4n) is 3.50. The number of rotatable bonds is 6. The largest absolute Gasteiger partial charge is 0.381 e. The molecule has 21 heavy (non-hydrogen) atoms. The number of aliphatic imine (C=N–C) groups is 1. The zero-order valence-electron chi connectivity index (χ0n) is 13.9. The highest BCUT2D eigenvalue weighted by molar-refractivity contribution is 5.79. The molecule has 0 aromatic rings. The fraction of sp³-hybridized carbons (Fsp3) is 0.941. The van der Waals surface area contributed by atoms with Gasteiger partial charge in [0.25, 0.3) is 0 Å². The molecule has 1 atom stereocenters. The average molecular weight is 295 g/mol. The van der Waals surface area contributed by atoms with Crippen molar-refractivity contribution in [3.05, 3.63) is 0 Å². The highest BCUT2D eigenvalue weighted by Crippen LogP contribution is 2.26. The van der Waals surface area contributed by atoms with Gasteiger partial charge in [0.05, 0.1) is 6.61 Å². The zero-order valence-corrected chi connectivity index (χ0v) is 13.9. The molecule has 0 spiro atoms. The molecule has 1 N–H and O–H groups in total. The standard InChI is InChI=1S/C17H33N3O/c1-3-18-17(20(2)13-16-10-12-21-14-16)19-11-9-15-7-5-4-6-8-15/h15-16H,3-14H2,1-2H3,(H,18,19). The molecule has 1 aliphatic heterocycles. The van der Waals surface area contributed by atoms with Gasteiger partial charge < -0.3 is 15.0 Å². The van der Waals surface area contributed by atoms with Crippen molar-refractivity contribution < 1.29 is 4.74 Å². The van der Waals surface area contributed by atoms with E-state index in [-0.39, 0.29) is 0 Å². The summed E-state index contributed by atoms with van der Waals surface area (Å²) in [5, 5.41) is 3.43. The van der Waals surface area contributed by atoms with Crippen LogP contribution in [0.25, 0.3) is 0 Å². The molecule has 2 rings (SSSR count). The lowest BCUT2D eigenvalue weighted by molar-refractivity contribution is 0.181. The van der Waals surface area contributed by atoms with Crippen LogP contribution in [0.1, 0.15) is 51.9 Å². The van der Waals surface area contributed by atoms with Crippen LogP contribution in [0.4, 0.5) is 0 Å². The predicted octanol–water partition coefficient (Wildman–Crippen LogP) is 2.89. The molecule has 122 valence electrons. The molecule has 1 saturated heterocycles. The summed E-state index contributed by atoms with van der Waals surface area (Å²) < 4.78 is 5.47. The lowest BCUT2D eigenvalue weighted by Gasteiger charge is -2.25. The van der Waals surface area contributed by atoms with Gasteiger partial charge in [0.15, 0.2) is 5.96 Å². The van der Waals surface area contributed by atoms with E-state index in [1.54, 1.807) is 0 Å². The van der Waals surface area contributed by atoms with E-state index in [2.05, 4.69) is 24.2 Å². The van der Waals surface area contributed by atoms with E-state index in [4.69, 9.17) is 9.73 Å². The monoisotopic (exact) mass is 295 g/mol. The lowest BCUT2D eigenvalue weighted by atomic mass is 9.87. The molecule has 2 fully saturated rings. The second-order valence-corrected chi connectivity index (χ2v) is 6.64. The second kappa shape index (κ2) is 9.29. The third kappa shape index (κ3) is 5.85. The van der Waals surface area contributed by atoms with Gasteiger partial charge in [-0.05, 0) is 25.7 Å². The van der Waals surface area contributed by atoms with E-state index in [0.29, 0.717) is 5.92 Å². The van der Waals surface area contributed by atoms with Gasteiger partial charge in [0.2, 0.25) is 0 Å². The Bertz CT molecular complexity index is 307. The van der Waals surface area contributed by atoms with Crippen LogP contribution in [0.2, 0.25) is 0 Å². The summed E-state index contributed by atoms with van der Waals surface area (Å²) in [5.74, 6) is 2.65. The van der Waals surface area contributed by atoms with Crippen molar-refractivity contribution in [1.82, 2.24) is 10.2 Å². The molecule has 1 heterocycles. The van der Waals surface area contributed by atoms with Crippen molar-refractivity contribution in [2.45, 2.75) is 51.9 Å². The van der Waals surface area contributed by atoms with Crippen molar-refractivity contribution in [1.29, 1.82) is 0 Å². The van der Waals surface area contributed by atoms with Gasteiger partial charge in [-0.2, -0.15) is 0 Å². The van der Waals surface area contributed by atoms with Crippen LogP contribution in [0.15, 0.2) is 4.99 Å². The van der Waals surface area contributed by atoms with Gasteiger partial charge in [-0.25, -0.2) is 0 Å². The molecule has 1 unspecified atom stereocenters. The minimum atomic E-state index is 0.664. The van der Waals surface area contributed by atoms with Gasteiger partial charge in [-0.15, -0.1) is 0 Å². The lowest BCUT2D eigenvalue weighted by Crippen LogP contribution is -2.41. The number of guanidine groups is 1. The van der Waals surface area contributed by atoms with Gasteiger partial charge in [0.1, 0.15) is 0 Å². The van der Waals surface area contributed by atoms with Crippen LogP contribution in [0.3, 0.4) is 0 Å². The van der Waals surface area contributed by atoms with Crippen LogP contribution in [0.5, 0.6) is 0 Å². The number of hydrogen-bond donors (Lipinski definition) is 1. The number of ether oxygens (including phenoxy) is 1. The Balaban J connectivity index is 1.76. The highest BCUT2D eigenvalue weighted by atomic mass is 16.5. The molecule has 0 radical (unpaired) electrons. The van der Waals surface area contributed by atoms with Crippen LogP contribution in [-0.4, -0.2) is 50.8 Å². The first-order valence-electron chi connectivity index (χ1n) is 8.86. The van der Waals surface area contributed by atoms with Crippen molar-refractivity contribution >= 4 is 5.96 Å². The Hall–Kier alpha value is -0.770. The Labute approximate surface area is 130 Å². The van der Waals surface area contributed by atoms with E-state index in [1.807, 2.05) is 0 Å². The van der Waals surface area contributed by atoms with Crippen LogP contribution in [0, 0.1) is 11.8 Å². The molecule has 0 aromatic heterocycles. The normalized spacial score (nSPS) is 24.3. The number of nitrogens with one attached hydrogen (secondary N) is 1. The molecule has 0 amide bonds. The van der Waals surface area contributed by atoms with Gasteiger partial charge in [0, 0.05) is 39.2 Å². The third-order valence-electron chi connectivity index (χ3n) is 4.78. The van der Waals surface area contributed by atoms with Crippen LogP contribution < -0.4 is 5.32 Å². The molecule has 4 heteroatoms. The maximum Gasteiger partial charge on any atom is 0.193 e. The summed E-state index contributed by atoms with van der Waals surface area (Å²) in [7, 11) is 2.15. The van der Waals surface area contributed by atoms with Gasteiger partial charge in [-0.3, -0.25) is 4.99 Å². The first-order valence-corrected chi connectivity index (χ1v) is 8.86. The van der Waals surface area contributed by atoms with Gasteiger partial charge >= 0.3 is 0 Å². The SMILES string of the molecule is CCNC(=NCCC1CCCCC1)N(C)CC1CCOC1. The molecule has 2 aliphatic rings.